The van der Waals surface area contributed by atoms with Gasteiger partial charge >= 0.3 is 0 Å². The molecule has 0 amide bonds. The molecule has 0 aliphatic rings. The highest BCUT2D eigenvalue weighted by molar-refractivity contribution is 7.94. The van der Waals surface area contributed by atoms with Crippen LogP contribution in [0.1, 0.15) is 0 Å². The summed E-state index contributed by atoms with van der Waals surface area (Å²) in [7, 11) is -7.46. The molecule has 0 bridgehead atoms. The van der Waals surface area contributed by atoms with E-state index in [0.717, 1.165) is 5.41 Å². The van der Waals surface area contributed by atoms with Crippen molar-refractivity contribution in [2.24, 2.45) is 0 Å². The minimum atomic E-state index is -4.20. The van der Waals surface area contributed by atoms with E-state index in [9.17, 15) is 16.8 Å². The van der Waals surface area contributed by atoms with Gasteiger partial charge < -0.3 is 5.32 Å². The van der Waals surface area contributed by atoms with Gasteiger partial charge in [0.05, 0.1) is 10.6 Å². The van der Waals surface area contributed by atoms with Gasteiger partial charge in [0.15, 0.2) is 9.84 Å². The molecule has 0 fully saturated rings. The van der Waals surface area contributed by atoms with Crippen LogP contribution in [0.5, 0.6) is 0 Å². The molecule has 0 saturated heterocycles. The van der Waals surface area contributed by atoms with E-state index < -0.39 is 20.0 Å². The first-order valence-electron chi connectivity index (χ1n) is 4.91. The molecule has 6 nitrogen and oxygen atoms in total. The van der Waals surface area contributed by atoms with E-state index in [1.165, 1.54) is 24.3 Å². The second kappa shape index (κ2) is 5.51. The third-order valence-electron chi connectivity index (χ3n) is 2.12. The van der Waals surface area contributed by atoms with Crippen LogP contribution in [-0.4, -0.2) is 33.7 Å². The molecule has 1 aromatic carbocycles. The van der Waals surface area contributed by atoms with Crippen molar-refractivity contribution in [3.63, 3.8) is 0 Å². The first-order chi connectivity index (χ1) is 8.24. The van der Waals surface area contributed by atoms with Gasteiger partial charge in [0.2, 0.25) is 0 Å². The Balaban J connectivity index is 2.63. The Morgan fingerprint density at radius 3 is 2.17 bits per heavy atom. The lowest BCUT2D eigenvalue weighted by Gasteiger charge is -2.06. The molecule has 0 aliphatic heterocycles. The van der Waals surface area contributed by atoms with Gasteiger partial charge in [-0.05, 0) is 24.3 Å². The van der Waals surface area contributed by atoms with Gasteiger partial charge in [-0.25, -0.2) is 8.42 Å². The molecule has 0 heterocycles. The molecule has 0 aliphatic carbocycles. The molecular weight excluding hydrogens is 278 g/mol. The van der Waals surface area contributed by atoms with Crippen molar-refractivity contribution in [2.75, 3.05) is 17.6 Å². The van der Waals surface area contributed by atoms with Crippen molar-refractivity contribution >= 4 is 25.6 Å². The van der Waals surface area contributed by atoms with E-state index in [0.29, 0.717) is 5.69 Å². The van der Waals surface area contributed by atoms with Crippen molar-refractivity contribution in [2.45, 2.75) is 4.90 Å². The quantitative estimate of drug-likeness (QED) is 0.755. The third kappa shape index (κ3) is 4.47. The van der Waals surface area contributed by atoms with E-state index in [1.807, 2.05) is 0 Å². The standard InChI is InChI=1S/C10H13NO5S2/c1-2-17(12,13)8-7-11-9-3-5-10(6-4-9)18(14,15)16/h2-6,11H,1,7-8H2,(H,14,15,16). The number of hydrogen-bond acceptors (Lipinski definition) is 5. The average molecular weight is 291 g/mol. The molecule has 2 N–H and O–H groups in total. The Morgan fingerprint density at radius 1 is 1.17 bits per heavy atom. The van der Waals surface area contributed by atoms with Crippen molar-refractivity contribution < 1.29 is 21.4 Å². The number of rotatable bonds is 6. The van der Waals surface area contributed by atoms with Crippen LogP contribution < -0.4 is 5.32 Å². The predicted octanol–water partition coefficient (Wildman–Crippen LogP) is 0.903. The molecule has 0 atom stereocenters. The first-order valence-corrected chi connectivity index (χ1v) is 8.07. The van der Waals surface area contributed by atoms with Gasteiger partial charge in [-0.1, -0.05) is 6.58 Å². The number of benzene rings is 1. The topological polar surface area (TPSA) is 101 Å². The van der Waals surface area contributed by atoms with Crippen LogP contribution in [0.2, 0.25) is 0 Å². The summed E-state index contributed by atoms with van der Waals surface area (Å²) < 4.78 is 52.5. The summed E-state index contributed by atoms with van der Waals surface area (Å²) in [6, 6.07) is 5.31. The lowest BCUT2D eigenvalue weighted by molar-refractivity contribution is 0.483. The maximum absolute atomic E-state index is 11.1. The Morgan fingerprint density at radius 2 is 1.72 bits per heavy atom. The summed E-state index contributed by atoms with van der Waals surface area (Å²) in [5, 5.41) is 3.70. The van der Waals surface area contributed by atoms with Crippen LogP contribution in [0.4, 0.5) is 5.69 Å². The molecule has 8 heteroatoms. The summed E-state index contributed by atoms with van der Waals surface area (Å²) in [6.45, 7) is 3.37. The summed E-state index contributed by atoms with van der Waals surface area (Å²) in [5.74, 6) is -0.101. The second-order valence-corrected chi connectivity index (χ2v) is 6.95. The number of nitrogens with one attached hydrogen (secondary N) is 1. The highest BCUT2D eigenvalue weighted by Gasteiger charge is 2.08. The number of hydrogen-bond donors (Lipinski definition) is 2. The summed E-state index contributed by atoms with van der Waals surface area (Å²) in [5.41, 5.74) is 0.557. The van der Waals surface area contributed by atoms with Gasteiger partial charge in [0.1, 0.15) is 0 Å². The van der Waals surface area contributed by atoms with Gasteiger partial charge in [0, 0.05) is 17.6 Å². The lowest BCUT2D eigenvalue weighted by atomic mass is 10.3. The second-order valence-electron chi connectivity index (χ2n) is 3.46. The van der Waals surface area contributed by atoms with Gasteiger partial charge in [-0.15, -0.1) is 0 Å². The summed E-state index contributed by atoms with van der Waals surface area (Å²) in [6.07, 6.45) is 0. The fourth-order valence-electron chi connectivity index (χ4n) is 1.17. The monoisotopic (exact) mass is 291 g/mol. The SMILES string of the molecule is C=CS(=O)(=O)CCNc1ccc(S(=O)(=O)O)cc1. The third-order valence-corrected chi connectivity index (χ3v) is 4.27. The van der Waals surface area contributed by atoms with Gasteiger partial charge in [-0.3, -0.25) is 4.55 Å². The van der Waals surface area contributed by atoms with E-state index in [2.05, 4.69) is 11.9 Å². The molecule has 1 rings (SSSR count). The number of sulfone groups is 1. The highest BCUT2D eigenvalue weighted by Crippen LogP contribution is 2.13. The fraction of sp³-hybridized carbons (Fsp3) is 0.200. The van der Waals surface area contributed by atoms with Crippen LogP contribution in [0.15, 0.2) is 41.1 Å². The minimum Gasteiger partial charge on any atom is -0.384 e. The summed E-state index contributed by atoms with van der Waals surface area (Å²) >= 11 is 0. The average Bonchev–Trinajstić information content (AvgIpc) is 2.28. The summed E-state index contributed by atoms with van der Waals surface area (Å²) in [4.78, 5) is -0.216. The van der Waals surface area contributed by atoms with Crippen LogP contribution in [0.3, 0.4) is 0 Å². The van der Waals surface area contributed by atoms with E-state index >= 15 is 0 Å². The Labute approximate surface area is 106 Å². The van der Waals surface area contributed by atoms with Gasteiger partial charge in [0.25, 0.3) is 10.1 Å². The zero-order valence-electron chi connectivity index (χ0n) is 9.40. The first kappa shape index (κ1) is 14.7. The van der Waals surface area contributed by atoms with Crippen molar-refractivity contribution in [3.05, 3.63) is 36.3 Å². The van der Waals surface area contributed by atoms with Crippen LogP contribution in [-0.2, 0) is 20.0 Å². The molecule has 100 valence electrons. The fourth-order valence-corrected chi connectivity index (χ4v) is 2.20. The Bertz CT molecular complexity index is 617. The molecule has 18 heavy (non-hydrogen) atoms. The normalized spacial score (nSPS) is 12.1. The molecule has 0 unspecified atom stereocenters. The maximum atomic E-state index is 11.1. The largest absolute Gasteiger partial charge is 0.384 e. The van der Waals surface area contributed by atoms with E-state index in [4.69, 9.17) is 4.55 Å². The Hall–Kier alpha value is -1.38. The maximum Gasteiger partial charge on any atom is 0.294 e. The smallest absolute Gasteiger partial charge is 0.294 e. The zero-order valence-corrected chi connectivity index (χ0v) is 11.0. The van der Waals surface area contributed by atoms with Crippen LogP contribution in [0, 0.1) is 0 Å². The predicted molar refractivity (Wildman–Crippen MR) is 68.7 cm³/mol. The van der Waals surface area contributed by atoms with Crippen molar-refractivity contribution in [3.8, 4) is 0 Å². The number of anilines is 1. The highest BCUT2D eigenvalue weighted by atomic mass is 32.2. The van der Waals surface area contributed by atoms with Crippen molar-refractivity contribution in [1.82, 2.24) is 0 Å². The molecule has 0 radical (unpaired) electrons. The van der Waals surface area contributed by atoms with E-state index in [-0.39, 0.29) is 17.2 Å². The van der Waals surface area contributed by atoms with Gasteiger partial charge in [-0.2, -0.15) is 8.42 Å². The molecular formula is C10H13NO5S2. The van der Waals surface area contributed by atoms with Crippen molar-refractivity contribution in [1.29, 1.82) is 0 Å². The zero-order chi connectivity index (χ0) is 13.8. The molecule has 0 spiro atoms. The minimum absolute atomic E-state index is 0.101. The molecule has 0 saturated carbocycles. The van der Waals surface area contributed by atoms with Crippen LogP contribution in [0.25, 0.3) is 0 Å². The molecule has 0 aromatic heterocycles. The van der Waals surface area contributed by atoms with Crippen LogP contribution >= 0.6 is 0 Å². The molecule has 1 aromatic rings. The Kier molecular flexibility index (Phi) is 4.49. The lowest BCUT2D eigenvalue weighted by Crippen LogP contribution is -2.13. The van der Waals surface area contributed by atoms with E-state index in [1.54, 1.807) is 0 Å².